The van der Waals surface area contributed by atoms with Crippen LogP contribution in [0.3, 0.4) is 0 Å². The zero-order valence-electron chi connectivity index (χ0n) is 12.7. The third-order valence-corrected chi connectivity index (χ3v) is 3.97. The summed E-state index contributed by atoms with van der Waals surface area (Å²) in [7, 11) is 1.77. The van der Waals surface area contributed by atoms with E-state index in [1.807, 2.05) is 0 Å². The van der Waals surface area contributed by atoms with E-state index in [1.54, 1.807) is 7.11 Å². The minimum Gasteiger partial charge on any atom is -0.383 e. The lowest BCUT2D eigenvalue weighted by Gasteiger charge is -2.20. The largest absolute Gasteiger partial charge is 0.383 e. The molecular formula is C16H26N2O. The molecule has 1 aliphatic rings. The first-order valence-electron chi connectivity index (χ1n) is 7.10. The van der Waals surface area contributed by atoms with Crippen molar-refractivity contribution >= 4 is 0 Å². The summed E-state index contributed by atoms with van der Waals surface area (Å²) in [6, 6.07) is 4.59. The highest BCUT2D eigenvalue weighted by atomic mass is 16.5. The highest BCUT2D eigenvalue weighted by Crippen LogP contribution is 2.19. The molecule has 106 valence electrons. The Kier molecular flexibility index (Phi) is 4.97. The van der Waals surface area contributed by atoms with Gasteiger partial charge in [0.25, 0.3) is 0 Å². The van der Waals surface area contributed by atoms with Gasteiger partial charge in [-0.25, -0.2) is 0 Å². The Morgan fingerprint density at radius 3 is 2.32 bits per heavy atom. The molecule has 0 saturated carbocycles. The van der Waals surface area contributed by atoms with E-state index >= 15 is 0 Å². The van der Waals surface area contributed by atoms with Crippen LogP contribution in [0.25, 0.3) is 0 Å². The van der Waals surface area contributed by atoms with Crippen molar-refractivity contribution in [3.8, 4) is 0 Å². The van der Waals surface area contributed by atoms with Crippen LogP contribution in [0.2, 0.25) is 0 Å². The summed E-state index contributed by atoms with van der Waals surface area (Å²) in [5, 5.41) is 0. The Hall–Kier alpha value is -0.900. The normalized spacial score (nSPS) is 17.3. The molecule has 0 amide bonds. The molecular weight excluding hydrogens is 236 g/mol. The molecule has 0 N–H and O–H groups in total. The predicted molar refractivity (Wildman–Crippen MR) is 79.4 cm³/mol. The van der Waals surface area contributed by atoms with E-state index in [-0.39, 0.29) is 0 Å². The summed E-state index contributed by atoms with van der Waals surface area (Å²) in [6.07, 6.45) is 0. The van der Waals surface area contributed by atoms with Crippen LogP contribution in [0, 0.1) is 20.8 Å². The van der Waals surface area contributed by atoms with E-state index in [2.05, 4.69) is 42.7 Å². The summed E-state index contributed by atoms with van der Waals surface area (Å²) in [5.74, 6) is 0. The fraction of sp³-hybridized carbons (Fsp3) is 0.625. The van der Waals surface area contributed by atoms with Crippen molar-refractivity contribution in [3.05, 3.63) is 34.4 Å². The first-order valence-corrected chi connectivity index (χ1v) is 7.10. The van der Waals surface area contributed by atoms with Crippen LogP contribution in [-0.2, 0) is 11.3 Å². The zero-order valence-corrected chi connectivity index (χ0v) is 12.7. The van der Waals surface area contributed by atoms with Crippen LogP contribution in [0.1, 0.15) is 22.3 Å². The Morgan fingerprint density at radius 1 is 1.05 bits per heavy atom. The molecule has 0 unspecified atom stereocenters. The topological polar surface area (TPSA) is 15.7 Å². The monoisotopic (exact) mass is 262 g/mol. The number of aryl methyl sites for hydroxylation is 3. The lowest BCUT2D eigenvalue weighted by atomic mass is 9.99. The maximum absolute atomic E-state index is 5.15. The molecule has 3 heteroatoms. The molecule has 19 heavy (non-hydrogen) atoms. The number of ether oxygens (including phenoxy) is 1. The SMILES string of the molecule is COCCN1CCN(Cc2c(C)cc(C)cc2C)C1. The van der Waals surface area contributed by atoms with Gasteiger partial charge in [0.2, 0.25) is 0 Å². The Labute approximate surface area is 117 Å². The number of hydrogen-bond donors (Lipinski definition) is 0. The number of rotatable bonds is 5. The molecule has 1 aromatic rings. The smallest absolute Gasteiger partial charge is 0.0590 e. The second-order valence-corrected chi connectivity index (χ2v) is 5.68. The molecule has 1 saturated heterocycles. The van der Waals surface area contributed by atoms with Crippen molar-refractivity contribution in [2.75, 3.05) is 40.0 Å². The lowest BCUT2D eigenvalue weighted by molar-refractivity contribution is 0.147. The van der Waals surface area contributed by atoms with Crippen molar-refractivity contribution in [1.29, 1.82) is 0 Å². The fourth-order valence-corrected chi connectivity index (χ4v) is 2.92. The van der Waals surface area contributed by atoms with Gasteiger partial charge in [-0.1, -0.05) is 17.7 Å². The van der Waals surface area contributed by atoms with Gasteiger partial charge in [-0.15, -0.1) is 0 Å². The van der Waals surface area contributed by atoms with Gasteiger partial charge in [0.15, 0.2) is 0 Å². The average molecular weight is 262 g/mol. The standard InChI is InChI=1S/C16H26N2O/c1-13-9-14(2)16(15(3)10-13)11-18-6-5-17(12-18)7-8-19-4/h9-10H,5-8,11-12H2,1-4H3. The highest BCUT2D eigenvalue weighted by Gasteiger charge is 2.20. The van der Waals surface area contributed by atoms with Crippen molar-refractivity contribution in [1.82, 2.24) is 9.80 Å². The van der Waals surface area contributed by atoms with Crippen LogP contribution in [0.5, 0.6) is 0 Å². The minimum atomic E-state index is 0.830. The molecule has 1 aliphatic heterocycles. The Morgan fingerprint density at radius 2 is 1.68 bits per heavy atom. The summed E-state index contributed by atoms with van der Waals surface area (Å²) in [4.78, 5) is 4.99. The highest BCUT2D eigenvalue weighted by molar-refractivity contribution is 5.37. The molecule has 2 rings (SSSR count). The summed E-state index contributed by atoms with van der Waals surface area (Å²) in [5.41, 5.74) is 5.71. The number of methoxy groups -OCH3 is 1. The van der Waals surface area contributed by atoms with Crippen LogP contribution < -0.4 is 0 Å². The molecule has 0 radical (unpaired) electrons. The van der Waals surface area contributed by atoms with Gasteiger partial charge >= 0.3 is 0 Å². The van der Waals surface area contributed by atoms with Gasteiger partial charge in [0.1, 0.15) is 0 Å². The first kappa shape index (κ1) is 14.5. The molecule has 0 spiro atoms. The molecule has 0 aliphatic carbocycles. The van der Waals surface area contributed by atoms with Gasteiger partial charge in [-0.3, -0.25) is 9.80 Å². The zero-order chi connectivity index (χ0) is 13.8. The van der Waals surface area contributed by atoms with E-state index < -0.39 is 0 Å². The lowest BCUT2D eigenvalue weighted by Crippen LogP contribution is -2.28. The third kappa shape index (κ3) is 3.78. The van der Waals surface area contributed by atoms with Gasteiger partial charge in [0.05, 0.1) is 13.3 Å². The number of hydrogen-bond acceptors (Lipinski definition) is 3. The van der Waals surface area contributed by atoms with E-state index in [1.165, 1.54) is 22.3 Å². The van der Waals surface area contributed by atoms with Gasteiger partial charge in [-0.05, 0) is 37.5 Å². The van der Waals surface area contributed by atoms with Crippen molar-refractivity contribution in [2.45, 2.75) is 27.3 Å². The number of nitrogens with zero attached hydrogens (tertiary/aromatic N) is 2. The summed E-state index contributed by atoms with van der Waals surface area (Å²) < 4.78 is 5.15. The molecule has 1 fully saturated rings. The van der Waals surface area contributed by atoms with Crippen LogP contribution >= 0.6 is 0 Å². The third-order valence-electron chi connectivity index (χ3n) is 3.97. The van der Waals surface area contributed by atoms with Crippen molar-refractivity contribution in [2.24, 2.45) is 0 Å². The average Bonchev–Trinajstić information content (AvgIpc) is 2.79. The second-order valence-electron chi connectivity index (χ2n) is 5.68. The van der Waals surface area contributed by atoms with E-state index in [9.17, 15) is 0 Å². The quantitative estimate of drug-likeness (QED) is 0.810. The van der Waals surface area contributed by atoms with Gasteiger partial charge in [-0.2, -0.15) is 0 Å². The molecule has 0 bridgehead atoms. The van der Waals surface area contributed by atoms with Gasteiger partial charge in [0, 0.05) is 33.3 Å². The molecule has 0 aromatic heterocycles. The van der Waals surface area contributed by atoms with E-state index in [4.69, 9.17) is 4.74 Å². The Bertz CT molecular complexity index is 408. The Balaban J connectivity index is 1.96. The van der Waals surface area contributed by atoms with E-state index in [0.29, 0.717) is 0 Å². The van der Waals surface area contributed by atoms with E-state index in [0.717, 1.165) is 39.5 Å². The van der Waals surface area contributed by atoms with Crippen molar-refractivity contribution < 1.29 is 4.74 Å². The van der Waals surface area contributed by atoms with Gasteiger partial charge < -0.3 is 4.74 Å². The minimum absolute atomic E-state index is 0.830. The molecule has 1 heterocycles. The fourth-order valence-electron chi connectivity index (χ4n) is 2.92. The number of benzene rings is 1. The van der Waals surface area contributed by atoms with Crippen molar-refractivity contribution in [3.63, 3.8) is 0 Å². The molecule has 0 atom stereocenters. The van der Waals surface area contributed by atoms with Crippen LogP contribution in [-0.4, -0.2) is 49.8 Å². The van der Waals surface area contributed by atoms with Crippen LogP contribution in [0.15, 0.2) is 12.1 Å². The predicted octanol–water partition coefficient (Wildman–Crippen LogP) is 2.33. The maximum Gasteiger partial charge on any atom is 0.0590 e. The maximum atomic E-state index is 5.15. The summed E-state index contributed by atoms with van der Waals surface area (Å²) in [6.45, 7) is 13.0. The molecule has 1 aromatic carbocycles. The summed E-state index contributed by atoms with van der Waals surface area (Å²) >= 11 is 0. The molecule has 3 nitrogen and oxygen atoms in total. The second kappa shape index (κ2) is 6.51. The first-order chi connectivity index (χ1) is 9.10. The van der Waals surface area contributed by atoms with Crippen LogP contribution in [0.4, 0.5) is 0 Å².